The minimum Gasteiger partial charge on any atom is -0.476 e. The first kappa shape index (κ1) is 12.7. The highest BCUT2D eigenvalue weighted by molar-refractivity contribution is 5.90. The number of hydrogen-bond acceptors (Lipinski definition) is 6. The summed E-state index contributed by atoms with van der Waals surface area (Å²) in [5.41, 5.74) is -0.143. The molecule has 10 nitrogen and oxygen atoms in total. The van der Waals surface area contributed by atoms with Gasteiger partial charge in [0, 0.05) is 6.54 Å². The second kappa shape index (κ2) is 5.25. The fraction of sp³-hybridized carbons (Fsp3) is 0.333. The topological polar surface area (TPSA) is 139 Å². The van der Waals surface area contributed by atoms with E-state index in [1.54, 1.807) is 6.92 Å². The summed E-state index contributed by atoms with van der Waals surface area (Å²) in [5.74, 6) is -0.954. The number of carboxylic acid groups (broad SMARTS) is 1. The zero-order valence-electron chi connectivity index (χ0n) is 9.99. The van der Waals surface area contributed by atoms with Gasteiger partial charge >= 0.3 is 5.97 Å². The molecule has 2 aromatic rings. The standard InChI is InChI=1S/C9H11N7O3/c1-5-11-7(14-12-5)8(17)10-2-3-16-4-6(9(18)19)13-15-16/h4H,2-3H2,1H3,(H,10,17)(H,18,19)(H,11,12,14). The molecule has 19 heavy (non-hydrogen) atoms. The van der Waals surface area contributed by atoms with Gasteiger partial charge in [-0.2, -0.15) is 0 Å². The first-order valence-corrected chi connectivity index (χ1v) is 5.37. The van der Waals surface area contributed by atoms with Crippen LogP contribution in [0.1, 0.15) is 26.9 Å². The molecular formula is C9H11N7O3. The Morgan fingerprint density at radius 3 is 2.89 bits per heavy atom. The monoisotopic (exact) mass is 265 g/mol. The molecule has 2 aromatic heterocycles. The minimum atomic E-state index is -1.15. The number of carboxylic acids is 1. The van der Waals surface area contributed by atoms with E-state index in [-0.39, 0.29) is 18.1 Å². The summed E-state index contributed by atoms with van der Waals surface area (Å²) in [5, 5.41) is 24.6. The van der Waals surface area contributed by atoms with Crippen molar-refractivity contribution in [1.29, 1.82) is 0 Å². The third-order valence-electron chi connectivity index (χ3n) is 2.18. The Labute approximate surface area is 106 Å². The van der Waals surface area contributed by atoms with Gasteiger partial charge in [0.1, 0.15) is 5.82 Å². The second-order valence-corrected chi connectivity index (χ2v) is 3.67. The third-order valence-corrected chi connectivity index (χ3v) is 2.18. The molecule has 2 rings (SSSR count). The Kier molecular flexibility index (Phi) is 3.50. The second-order valence-electron chi connectivity index (χ2n) is 3.67. The van der Waals surface area contributed by atoms with Gasteiger partial charge in [0.15, 0.2) is 5.69 Å². The van der Waals surface area contributed by atoms with E-state index in [4.69, 9.17) is 5.11 Å². The summed E-state index contributed by atoms with van der Waals surface area (Å²) in [7, 11) is 0. The number of nitrogens with zero attached hydrogens (tertiary/aromatic N) is 5. The van der Waals surface area contributed by atoms with Crippen LogP contribution >= 0.6 is 0 Å². The lowest BCUT2D eigenvalue weighted by Gasteiger charge is -2.01. The molecule has 0 aliphatic rings. The minimum absolute atomic E-state index is 0.0577. The predicted molar refractivity (Wildman–Crippen MR) is 60.4 cm³/mol. The van der Waals surface area contributed by atoms with E-state index < -0.39 is 11.9 Å². The van der Waals surface area contributed by atoms with Crippen molar-refractivity contribution in [3.05, 3.63) is 23.5 Å². The summed E-state index contributed by atoms with van der Waals surface area (Å²) in [6, 6.07) is 0. The average Bonchev–Trinajstić information content (AvgIpc) is 2.98. The predicted octanol–water partition coefficient (Wildman–Crippen LogP) is -1.17. The van der Waals surface area contributed by atoms with Gasteiger partial charge in [-0.25, -0.2) is 14.5 Å². The fourth-order valence-electron chi connectivity index (χ4n) is 1.31. The zero-order valence-corrected chi connectivity index (χ0v) is 9.99. The highest BCUT2D eigenvalue weighted by Crippen LogP contribution is 1.93. The summed E-state index contributed by atoms with van der Waals surface area (Å²) in [6.45, 7) is 2.25. The van der Waals surface area contributed by atoms with Gasteiger partial charge in [0.25, 0.3) is 5.91 Å². The average molecular weight is 265 g/mol. The Morgan fingerprint density at radius 2 is 2.32 bits per heavy atom. The van der Waals surface area contributed by atoms with E-state index in [0.29, 0.717) is 12.4 Å². The molecule has 3 N–H and O–H groups in total. The van der Waals surface area contributed by atoms with Crippen molar-refractivity contribution in [1.82, 2.24) is 35.5 Å². The number of carbonyl (C=O) groups excluding carboxylic acids is 1. The molecule has 0 saturated heterocycles. The van der Waals surface area contributed by atoms with Gasteiger partial charge in [-0.05, 0) is 6.92 Å². The molecule has 0 bridgehead atoms. The van der Waals surface area contributed by atoms with Crippen molar-refractivity contribution >= 4 is 11.9 Å². The number of aromatic amines is 1. The molecule has 10 heteroatoms. The van der Waals surface area contributed by atoms with E-state index >= 15 is 0 Å². The molecule has 0 saturated carbocycles. The molecule has 100 valence electrons. The first-order valence-electron chi connectivity index (χ1n) is 5.37. The molecule has 0 unspecified atom stereocenters. The van der Waals surface area contributed by atoms with E-state index in [1.807, 2.05) is 0 Å². The van der Waals surface area contributed by atoms with Gasteiger partial charge in [0.2, 0.25) is 5.82 Å². The van der Waals surface area contributed by atoms with Crippen LogP contribution in [0.3, 0.4) is 0 Å². The molecule has 0 aliphatic carbocycles. The lowest BCUT2D eigenvalue weighted by molar-refractivity contribution is 0.0690. The Balaban J connectivity index is 1.83. The summed E-state index contributed by atoms with van der Waals surface area (Å²) < 4.78 is 1.33. The highest BCUT2D eigenvalue weighted by atomic mass is 16.4. The molecule has 0 atom stereocenters. The van der Waals surface area contributed by atoms with Crippen molar-refractivity contribution in [3.8, 4) is 0 Å². The van der Waals surface area contributed by atoms with Gasteiger partial charge in [0.05, 0.1) is 12.7 Å². The Bertz CT molecular complexity index is 602. The van der Waals surface area contributed by atoms with E-state index in [9.17, 15) is 9.59 Å². The number of H-pyrrole nitrogens is 1. The summed E-state index contributed by atoms with van der Waals surface area (Å²) >= 11 is 0. The van der Waals surface area contributed by atoms with Crippen LogP contribution in [0, 0.1) is 6.92 Å². The number of aromatic nitrogens is 6. The van der Waals surface area contributed by atoms with Crippen LogP contribution in [0.5, 0.6) is 0 Å². The number of carbonyl (C=O) groups is 2. The SMILES string of the molecule is Cc1nc(C(=O)NCCn2cc(C(=O)O)nn2)n[nH]1. The molecule has 1 amide bonds. The van der Waals surface area contributed by atoms with Crippen LogP contribution in [0.2, 0.25) is 0 Å². The zero-order chi connectivity index (χ0) is 13.8. The maximum Gasteiger partial charge on any atom is 0.358 e. The molecule has 0 spiro atoms. The molecule has 0 aliphatic heterocycles. The fourth-order valence-corrected chi connectivity index (χ4v) is 1.31. The third kappa shape index (κ3) is 3.12. The van der Waals surface area contributed by atoms with Crippen molar-refractivity contribution in [2.45, 2.75) is 13.5 Å². The number of amides is 1. The summed E-state index contributed by atoms with van der Waals surface area (Å²) in [4.78, 5) is 26.0. The van der Waals surface area contributed by atoms with Crippen LogP contribution in [-0.2, 0) is 6.54 Å². The first-order chi connectivity index (χ1) is 9.06. The van der Waals surface area contributed by atoms with Crippen molar-refractivity contribution in [2.24, 2.45) is 0 Å². The van der Waals surface area contributed by atoms with E-state index in [0.717, 1.165) is 0 Å². The normalized spacial score (nSPS) is 10.4. The number of aromatic carboxylic acids is 1. The van der Waals surface area contributed by atoms with Crippen molar-refractivity contribution in [3.63, 3.8) is 0 Å². The maximum absolute atomic E-state index is 11.6. The number of nitrogens with one attached hydrogen (secondary N) is 2. The number of aryl methyl sites for hydroxylation is 1. The van der Waals surface area contributed by atoms with E-state index in [1.165, 1.54) is 10.9 Å². The van der Waals surface area contributed by atoms with Gasteiger partial charge in [-0.15, -0.1) is 10.2 Å². The van der Waals surface area contributed by atoms with E-state index in [2.05, 4.69) is 30.8 Å². The van der Waals surface area contributed by atoms with Crippen LogP contribution in [0.15, 0.2) is 6.20 Å². The molecule has 0 aromatic carbocycles. The molecule has 0 fully saturated rings. The number of hydrogen-bond donors (Lipinski definition) is 3. The maximum atomic E-state index is 11.6. The van der Waals surface area contributed by atoms with Gasteiger partial charge in [-0.1, -0.05) is 5.21 Å². The molecule has 2 heterocycles. The highest BCUT2D eigenvalue weighted by Gasteiger charge is 2.11. The Hall–Kier alpha value is -2.78. The van der Waals surface area contributed by atoms with Gasteiger partial charge in [-0.3, -0.25) is 9.89 Å². The Morgan fingerprint density at radius 1 is 1.53 bits per heavy atom. The largest absolute Gasteiger partial charge is 0.476 e. The van der Waals surface area contributed by atoms with Crippen LogP contribution in [0.4, 0.5) is 0 Å². The lowest BCUT2D eigenvalue weighted by Crippen LogP contribution is -2.28. The quantitative estimate of drug-likeness (QED) is 0.619. The summed E-state index contributed by atoms with van der Waals surface area (Å²) in [6.07, 6.45) is 1.28. The van der Waals surface area contributed by atoms with Gasteiger partial charge < -0.3 is 10.4 Å². The van der Waals surface area contributed by atoms with Crippen LogP contribution in [0.25, 0.3) is 0 Å². The number of rotatable bonds is 5. The van der Waals surface area contributed by atoms with Crippen molar-refractivity contribution in [2.75, 3.05) is 6.54 Å². The van der Waals surface area contributed by atoms with Crippen LogP contribution < -0.4 is 5.32 Å². The van der Waals surface area contributed by atoms with Crippen molar-refractivity contribution < 1.29 is 14.7 Å². The van der Waals surface area contributed by atoms with Crippen LogP contribution in [-0.4, -0.2) is 53.7 Å². The molecular weight excluding hydrogens is 254 g/mol. The lowest BCUT2D eigenvalue weighted by atomic mass is 10.5. The molecule has 0 radical (unpaired) electrons. The smallest absolute Gasteiger partial charge is 0.358 e.